The van der Waals surface area contributed by atoms with E-state index in [9.17, 15) is 24.9 Å². The van der Waals surface area contributed by atoms with Crippen molar-refractivity contribution in [2.24, 2.45) is 17.8 Å². The lowest BCUT2D eigenvalue weighted by molar-refractivity contribution is -0.385. The zero-order valence-corrected chi connectivity index (χ0v) is 19.3. The van der Waals surface area contributed by atoms with E-state index in [1.165, 1.54) is 6.07 Å². The molecular weight excluding hydrogens is 430 g/mol. The summed E-state index contributed by atoms with van der Waals surface area (Å²) in [7, 11) is 0. The average molecular weight is 466 g/mol. The summed E-state index contributed by atoms with van der Waals surface area (Å²) in [4.78, 5) is 36.2. The van der Waals surface area contributed by atoms with Crippen molar-refractivity contribution in [1.82, 2.24) is 10.8 Å². The largest absolute Gasteiger partial charge is 0.356 e. The van der Waals surface area contributed by atoms with Gasteiger partial charge in [0.15, 0.2) is 0 Å². The van der Waals surface area contributed by atoms with Gasteiger partial charge in [-0.1, -0.05) is 25.1 Å². The number of para-hydroxylation sites is 1. The lowest BCUT2D eigenvalue weighted by Gasteiger charge is -2.29. The molecule has 0 aromatic heterocycles. The van der Waals surface area contributed by atoms with Gasteiger partial charge >= 0.3 is 0 Å². The van der Waals surface area contributed by atoms with Crippen LogP contribution in [0.3, 0.4) is 0 Å². The number of carbonyl (C=O) groups is 2. The third-order valence-corrected chi connectivity index (χ3v) is 6.13. The molecule has 2 amide bonds. The highest BCUT2D eigenvalue weighted by molar-refractivity contribution is 5.80. The van der Waals surface area contributed by atoms with Crippen LogP contribution in [0.15, 0.2) is 24.3 Å². The summed E-state index contributed by atoms with van der Waals surface area (Å²) in [6.45, 7) is 4.65. The minimum atomic E-state index is -0.816. The Morgan fingerprint density at radius 3 is 2.55 bits per heavy atom. The summed E-state index contributed by atoms with van der Waals surface area (Å²) in [5, 5.41) is 23.6. The quantitative estimate of drug-likeness (QED) is 0.134. The number of hydrogen-bond acceptors (Lipinski definition) is 7. The number of ether oxygens (including phenoxy) is 2. The fourth-order valence-corrected chi connectivity index (χ4v) is 4.19. The number of hydroxylamine groups is 1. The molecule has 10 nitrogen and oxygen atoms in total. The molecule has 0 unspecified atom stereocenters. The Morgan fingerprint density at radius 1 is 1.21 bits per heavy atom. The normalized spacial score (nSPS) is 20.0. The molecular formula is C23H35N3O7. The van der Waals surface area contributed by atoms with Crippen molar-refractivity contribution in [1.29, 1.82) is 0 Å². The van der Waals surface area contributed by atoms with E-state index in [0.29, 0.717) is 18.1 Å². The van der Waals surface area contributed by atoms with E-state index in [-0.39, 0.29) is 43.8 Å². The second kappa shape index (κ2) is 13.9. The Kier molecular flexibility index (Phi) is 11.2. The Morgan fingerprint density at radius 2 is 1.91 bits per heavy atom. The zero-order chi connectivity index (χ0) is 24.2. The van der Waals surface area contributed by atoms with Gasteiger partial charge in [-0.05, 0) is 51.4 Å². The molecule has 184 valence electrons. The minimum absolute atomic E-state index is 0.0301. The van der Waals surface area contributed by atoms with Gasteiger partial charge in [0.1, 0.15) is 6.79 Å². The molecule has 0 saturated heterocycles. The van der Waals surface area contributed by atoms with Crippen molar-refractivity contribution >= 4 is 17.5 Å². The molecule has 10 heteroatoms. The number of benzene rings is 1. The Labute approximate surface area is 194 Å². The monoisotopic (exact) mass is 465 g/mol. The van der Waals surface area contributed by atoms with E-state index in [0.717, 1.165) is 25.7 Å². The molecule has 1 aromatic rings. The van der Waals surface area contributed by atoms with E-state index in [4.69, 9.17) is 9.47 Å². The summed E-state index contributed by atoms with van der Waals surface area (Å²) in [5.74, 6) is -1.05. The topological polar surface area (TPSA) is 140 Å². The van der Waals surface area contributed by atoms with Gasteiger partial charge in [-0.2, -0.15) is 0 Å². The molecule has 0 spiro atoms. The van der Waals surface area contributed by atoms with Crippen LogP contribution in [0.5, 0.6) is 0 Å². The number of rotatable bonds is 13. The van der Waals surface area contributed by atoms with Crippen molar-refractivity contribution in [2.45, 2.75) is 58.4 Å². The summed E-state index contributed by atoms with van der Waals surface area (Å²) >= 11 is 0. The maximum atomic E-state index is 12.9. The van der Waals surface area contributed by atoms with Gasteiger partial charge in [-0.3, -0.25) is 24.9 Å². The third kappa shape index (κ3) is 8.71. The highest BCUT2D eigenvalue weighted by Crippen LogP contribution is 2.29. The summed E-state index contributed by atoms with van der Waals surface area (Å²) in [6.07, 6.45) is 3.79. The number of carbonyl (C=O) groups excluding carboxylic acids is 2. The van der Waals surface area contributed by atoms with E-state index in [1.54, 1.807) is 23.7 Å². The molecule has 1 saturated carbocycles. The first-order valence-electron chi connectivity index (χ1n) is 11.5. The van der Waals surface area contributed by atoms with Crippen LogP contribution in [-0.2, 0) is 25.5 Å². The number of nitrogens with one attached hydrogen (secondary N) is 2. The Hall–Kier alpha value is -2.56. The van der Waals surface area contributed by atoms with E-state index in [2.05, 4.69) is 12.2 Å². The molecule has 0 bridgehead atoms. The zero-order valence-electron chi connectivity index (χ0n) is 19.3. The maximum absolute atomic E-state index is 12.9. The van der Waals surface area contributed by atoms with Crippen molar-refractivity contribution < 1.29 is 29.2 Å². The predicted molar refractivity (Wildman–Crippen MR) is 120 cm³/mol. The van der Waals surface area contributed by atoms with Crippen LogP contribution < -0.4 is 10.8 Å². The fourth-order valence-electron chi connectivity index (χ4n) is 4.19. The second-order valence-corrected chi connectivity index (χ2v) is 8.64. The van der Waals surface area contributed by atoms with E-state index < -0.39 is 22.8 Å². The number of nitro benzene ring substituents is 1. The first-order valence-corrected chi connectivity index (χ1v) is 11.5. The number of amides is 2. The average Bonchev–Trinajstić information content (AvgIpc) is 2.81. The molecule has 1 aliphatic rings. The first-order chi connectivity index (χ1) is 15.8. The van der Waals surface area contributed by atoms with Crippen LogP contribution in [0.4, 0.5) is 5.69 Å². The molecule has 2 rings (SSSR count). The number of nitro groups is 1. The number of nitrogens with zero attached hydrogens (tertiary/aromatic N) is 1. The summed E-state index contributed by atoms with van der Waals surface area (Å²) in [6, 6.07) is 5.64. The lowest BCUT2D eigenvalue weighted by Crippen LogP contribution is -2.45. The van der Waals surface area contributed by atoms with Gasteiger partial charge < -0.3 is 14.8 Å². The van der Waals surface area contributed by atoms with E-state index in [1.807, 2.05) is 6.92 Å². The van der Waals surface area contributed by atoms with Gasteiger partial charge in [0.2, 0.25) is 11.8 Å². The van der Waals surface area contributed by atoms with Crippen molar-refractivity contribution in [3.8, 4) is 0 Å². The lowest BCUT2D eigenvalue weighted by atomic mass is 9.82. The molecule has 3 N–H and O–H groups in total. The molecule has 2 atom stereocenters. The minimum Gasteiger partial charge on any atom is -0.356 e. The standard InChI is InChI=1S/C23H35N3O7/c1-3-32-15-33-14-20(24-22(27)17-10-8-16(2)9-11-17)13-19(23(28)25-29)12-18-6-4-5-7-21(18)26(30)31/h4-7,16-17,19-20,29H,3,8-15H2,1-2H3,(H,24,27)(H,25,28)/t16?,17?,19-,20-/m0/s1. The van der Waals surface area contributed by atoms with E-state index >= 15 is 0 Å². The van der Waals surface area contributed by atoms with Gasteiger partial charge in [-0.25, -0.2) is 5.48 Å². The van der Waals surface area contributed by atoms with Crippen molar-refractivity contribution in [3.63, 3.8) is 0 Å². The van der Waals surface area contributed by atoms with Gasteiger partial charge in [0.25, 0.3) is 5.69 Å². The van der Waals surface area contributed by atoms with Crippen LogP contribution in [0, 0.1) is 27.9 Å². The molecule has 0 aliphatic heterocycles. The Bertz CT molecular complexity index is 781. The second-order valence-electron chi connectivity index (χ2n) is 8.64. The van der Waals surface area contributed by atoms with Gasteiger partial charge in [-0.15, -0.1) is 0 Å². The molecule has 1 aromatic carbocycles. The van der Waals surface area contributed by atoms with Crippen molar-refractivity contribution in [2.75, 3.05) is 20.0 Å². The molecule has 0 heterocycles. The highest BCUT2D eigenvalue weighted by atomic mass is 16.7. The van der Waals surface area contributed by atoms with Crippen LogP contribution in [0.1, 0.15) is 51.5 Å². The van der Waals surface area contributed by atoms with Crippen LogP contribution in [-0.4, -0.2) is 48.0 Å². The number of hydrogen-bond donors (Lipinski definition) is 3. The highest BCUT2D eigenvalue weighted by Gasteiger charge is 2.30. The van der Waals surface area contributed by atoms with Gasteiger partial charge in [0, 0.05) is 30.1 Å². The summed E-state index contributed by atoms with van der Waals surface area (Å²) in [5.41, 5.74) is 1.92. The molecule has 1 fully saturated rings. The van der Waals surface area contributed by atoms with Gasteiger partial charge in [0.05, 0.1) is 17.6 Å². The molecule has 0 radical (unpaired) electrons. The predicted octanol–water partition coefficient (Wildman–Crippen LogP) is 2.97. The van der Waals surface area contributed by atoms with Crippen LogP contribution in [0.25, 0.3) is 0 Å². The molecule has 1 aliphatic carbocycles. The van der Waals surface area contributed by atoms with Crippen molar-refractivity contribution in [3.05, 3.63) is 39.9 Å². The van der Waals surface area contributed by atoms with Crippen LogP contribution >= 0.6 is 0 Å². The summed E-state index contributed by atoms with van der Waals surface area (Å²) < 4.78 is 10.7. The SMILES string of the molecule is CCOCOC[C@H](C[C@H](Cc1ccccc1[N+](=O)[O-])C(=O)NO)NC(=O)C1CCC(C)CC1. The molecule has 33 heavy (non-hydrogen) atoms. The maximum Gasteiger partial charge on any atom is 0.272 e. The first kappa shape index (κ1) is 26.7. The third-order valence-electron chi connectivity index (χ3n) is 6.13. The Balaban J connectivity index is 2.13. The smallest absolute Gasteiger partial charge is 0.272 e. The fraction of sp³-hybridized carbons (Fsp3) is 0.652. The van der Waals surface area contributed by atoms with Crippen LogP contribution in [0.2, 0.25) is 0 Å².